The van der Waals surface area contributed by atoms with Crippen molar-refractivity contribution in [3.8, 4) is 12.0 Å². The molecule has 23 heavy (non-hydrogen) atoms. The fourth-order valence-electron chi connectivity index (χ4n) is 2.07. The van der Waals surface area contributed by atoms with Crippen molar-refractivity contribution in [2.75, 3.05) is 6.61 Å². The Morgan fingerprint density at radius 2 is 1.83 bits per heavy atom. The lowest BCUT2D eigenvalue weighted by Gasteiger charge is -2.35. The van der Waals surface area contributed by atoms with Crippen LogP contribution in [0.4, 0.5) is 0 Å². The zero-order valence-corrected chi connectivity index (χ0v) is 16.4. The molecule has 0 unspecified atom stereocenters. The maximum absolute atomic E-state index is 6.15. The average Bonchev–Trinajstić information content (AvgIpc) is 2.80. The Kier molecular flexibility index (Phi) is 5.03. The molecule has 0 spiro atoms. The van der Waals surface area contributed by atoms with Crippen molar-refractivity contribution < 1.29 is 4.43 Å². The summed E-state index contributed by atoms with van der Waals surface area (Å²) in [5.74, 6) is 3.21. The molecule has 0 bridgehead atoms. The van der Waals surface area contributed by atoms with Gasteiger partial charge in [-0.2, -0.15) is 0 Å². The van der Waals surface area contributed by atoms with Crippen molar-refractivity contribution in [1.82, 2.24) is 9.55 Å². The number of nitrogens with zero attached hydrogens (tertiary/aromatic N) is 2. The quantitative estimate of drug-likeness (QED) is 0.456. The van der Waals surface area contributed by atoms with E-state index in [-0.39, 0.29) is 5.04 Å². The summed E-state index contributed by atoms with van der Waals surface area (Å²) in [6.45, 7) is 16.2. The number of hydrogen-bond donors (Lipinski definition) is 0. The van der Waals surface area contributed by atoms with Crippen molar-refractivity contribution in [2.24, 2.45) is 0 Å². The van der Waals surface area contributed by atoms with Gasteiger partial charge in [-0.1, -0.05) is 26.7 Å². The van der Waals surface area contributed by atoms with Crippen molar-refractivity contribution in [1.29, 1.82) is 0 Å². The molecule has 0 aliphatic carbocycles. The van der Waals surface area contributed by atoms with E-state index in [1.54, 1.807) is 6.33 Å². The highest BCUT2D eigenvalue weighted by Gasteiger charge is 2.36. The summed E-state index contributed by atoms with van der Waals surface area (Å²) in [5.41, 5.74) is 4.60. The van der Waals surface area contributed by atoms with Crippen LogP contribution in [0.1, 0.15) is 38.3 Å². The molecule has 2 aromatic rings. The molecule has 0 radical (unpaired) electrons. The van der Waals surface area contributed by atoms with E-state index in [1.165, 1.54) is 11.1 Å². The molecule has 0 atom stereocenters. The normalized spacial score (nSPS) is 12.3. The summed E-state index contributed by atoms with van der Waals surface area (Å²) in [6, 6.07) is 7.44. The molecule has 1 aromatic heterocycles. The molecule has 0 saturated carbocycles. The van der Waals surface area contributed by atoms with Gasteiger partial charge in [-0.05, 0) is 55.2 Å². The molecule has 0 N–H and O–H groups in total. The maximum atomic E-state index is 6.15. The SMILES string of the molecule is Cc1cc2ncn(C#CCCO[Si](C)(C)C(C)(C)C)c2cc1C. The second kappa shape index (κ2) is 6.50. The van der Waals surface area contributed by atoms with Crippen molar-refractivity contribution in [3.05, 3.63) is 29.6 Å². The van der Waals surface area contributed by atoms with Crippen LogP contribution in [0, 0.1) is 25.8 Å². The van der Waals surface area contributed by atoms with Crippen LogP contribution in [0.25, 0.3) is 11.0 Å². The molecule has 1 heterocycles. The Labute approximate surface area is 141 Å². The summed E-state index contributed by atoms with van der Waals surface area (Å²) in [5, 5.41) is 0.246. The van der Waals surface area contributed by atoms with E-state index in [1.807, 2.05) is 4.57 Å². The molecule has 0 aliphatic heterocycles. The molecular formula is C19H28N2OSi. The summed E-state index contributed by atoms with van der Waals surface area (Å²) in [4.78, 5) is 4.43. The van der Waals surface area contributed by atoms with Crippen LogP contribution >= 0.6 is 0 Å². The smallest absolute Gasteiger partial charge is 0.192 e. The van der Waals surface area contributed by atoms with E-state index in [0.29, 0.717) is 6.61 Å². The minimum absolute atomic E-state index is 0.246. The topological polar surface area (TPSA) is 27.1 Å². The van der Waals surface area contributed by atoms with Crippen LogP contribution in [0.2, 0.25) is 18.1 Å². The van der Waals surface area contributed by atoms with Gasteiger partial charge in [-0.25, -0.2) is 4.98 Å². The van der Waals surface area contributed by atoms with Crippen molar-refractivity contribution in [2.45, 2.75) is 59.2 Å². The minimum atomic E-state index is -1.67. The van der Waals surface area contributed by atoms with Crippen LogP contribution in [0.5, 0.6) is 0 Å². The van der Waals surface area contributed by atoms with Gasteiger partial charge in [0, 0.05) is 19.1 Å². The van der Waals surface area contributed by atoms with Gasteiger partial charge in [0.15, 0.2) is 8.32 Å². The van der Waals surface area contributed by atoms with Gasteiger partial charge in [-0.15, -0.1) is 0 Å². The molecule has 0 saturated heterocycles. The van der Waals surface area contributed by atoms with E-state index in [9.17, 15) is 0 Å². The number of aromatic nitrogens is 2. The lowest BCUT2D eigenvalue weighted by atomic mass is 10.1. The van der Waals surface area contributed by atoms with Gasteiger partial charge in [-0.3, -0.25) is 4.57 Å². The van der Waals surface area contributed by atoms with Gasteiger partial charge in [0.1, 0.15) is 6.33 Å². The average molecular weight is 329 g/mol. The zero-order valence-electron chi connectivity index (χ0n) is 15.4. The molecule has 0 amide bonds. The number of fused-ring (bicyclic) bond motifs is 1. The van der Waals surface area contributed by atoms with Crippen molar-refractivity contribution in [3.63, 3.8) is 0 Å². The second-order valence-electron chi connectivity index (χ2n) is 7.69. The molecular weight excluding hydrogens is 300 g/mol. The first-order chi connectivity index (χ1) is 10.6. The maximum Gasteiger partial charge on any atom is 0.192 e. The minimum Gasteiger partial charge on any atom is -0.416 e. The van der Waals surface area contributed by atoms with Crippen LogP contribution in [-0.2, 0) is 4.43 Å². The largest absolute Gasteiger partial charge is 0.416 e. The predicted octanol–water partition coefficient (Wildman–Crippen LogP) is 4.87. The predicted molar refractivity (Wildman–Crippen MR) is 100 cm³/mol. The van der Waals surface area contributed by atoms with Crippen LogP contribution in [0.3, 0.4) is 0 Å². The standard InChI is InChI=1S/C19H28N2OSi/c1-15-12-17-18(13-16(15)2)21(14-20-17)10-8-9-11-22-23(6,7)19(3,4)5/h12-14H,9,11H2,1-7H3. The third-order valence-electron chi connectivity index (χ3n) is 4.86. The molecule has 124 valence electrons. The fraction of sp³-hybridized carbons (Fsp3) is 0.526. The first-order valence-electron chi connectivity index (χ1n) is 8.19. The van der Waals surface area contributed by atoms with Gasteiger partial charge < -0.3 is 4.43 Å². The van der Waals surface area contributed by atoms with Crippen LogP contribution in [-0.4, -0.2) is 24.5 Å². The number of rotatable bonds is 3. The van der Waals surface area contributed by atoms with Gasteiger partial charge in [0.2, 0.25) is 0 Å². The third kappa shape index (κ3) is 4.04. The number of imidazole rings is 1. The summed E-state index contributed by atoms with van der Waals surface area (Å²) >= 11 is 0. The molecule has 0 aliphatic rings. The molecule has 4 heteroatoms. The Balaban J connectivity index is 2.02. The van der Waals surface area contributed by atoms with Crippen LogP contribution < -0.4 is 0 Å². The highest BCUT2D eigenvalue weighted by molar-refractivity contribution is 6.74. The molecule has 0 fully saturated rings. The number of benzene rings is 1. The Morgan fingerprint density at radius 3 is 2.48 bits per heavy atom. The lowest BCUT2D eigenvalue weighted by Crippen LogP contribution is -2.40. The van der Waals surface area contributed by atoms with Crippen molar-refractivity contribution >= 4 is 19.4 Å². The summed E-state index contributed by atoms with van der Waals surface area (Å²) in [6.07, 6.45) is 2.54. The summed E-state index contributed by atoms with van der Waals surface area (Å²) in [7, 11) is -1.67. The van der Waals surface area contributed by atoms with Gasteiger partial charge in [0.25, 0.3) is 0 Å². The van der Waals surface area contributed by atoms with E-state index in [2.05, 4.69) is 76.8 Å². The van der Waals surface area contributed by atoms with Gasteiger partial charge in [0.05, 0.1) is 11.0 Å². The second-order valence-corrected chi connectivity index (χ2v) is 12.5. The zero-order chi connectivity index (χ0) is 17.3. The number of hydrogen-bond acceptors (Lipinski definition) is 2. The summed E-state index contributed by atoms with van der Waals surface area (Å²) < 4.78 is 8.06. The van der Waals surface area contributed by atoms with E-state index in [0.717, 1.165) is 17.5 Å². The highest BCUT2D eigenvalue weighted by atomic mass is 28.4. The van der Waals surface area contributed by atoms with E-state index < -0.39 is 8.32 Å². The monoisotopic (exact) mass is 328 g/mol. The van der Waals surface area contributed by atoms with E-state index in [4.69, 9.17) is 4.43 Å². The Bertz CT molecular complexity index is 757. The number of aryl methyl sites for hydroxylation is 2. The first-order valence-corrected chi connectivity index (χ1v) is 11.1. The third-order valence-corrected chi connectivity index (χ3v) is 9.40. The Morgan fingerprint density at radius 1 is 1.17 bits per heavy atom. The van der Waals surface area contributed by atoms with Gasteiger partial charge >= 0.3 is 0 Å². The lowest BCUT2D eigenvalue weighted by molar-refractivity contribution is 0.296. The van der Waals surface area contributed by atoms with E-state index >= 15 is 0 Å². The fourth-order valence-corrected chi connectivity index (χ4v) is 3.11. The molecule has 1 aromatic carbocycles. The first kappa shape index (κ1) is 17.8. The Hall–Kier alpha value is -1.57. The van der Waals surface area contributed by atoms with Crippen LogP contribution in [0.15, 0.2) is 18.5 Å². The highest BCUT2D eigenvalue weighted by Crippen LogP contribution is 2.36. The molecule has 2 rings (SSSR count). The molecule has 3 nitrogen and oxygen atoms in total.